The van der Waals surface area contributed by atoms with Crippen LogP contribution in [0.5, 0.6) is 0 Å². The molecule has 1 aliphatic carbocycles. The first kappa shape index (κ1) is 20.6. The third-order valence-electron chi connectivity index (χ3n) is 5.88. The van der Waals surface area contributed by atoms with E-state index in [-0.39, 0.29) is 36.8 Å². The second-order valence-corrected chi connectivity index (χ2v) is 9.11. The summed E-state index contributed by atoms with van der Waals surface area (Å²) >= 11 is 0. The van der Waals surface area contributed by atoms with Crippen LogP contribution in [0.3, 0.4) is 0 Å². The Morgan fingerprint density at radius 3 is 2.14 bits per heavy atom. The molecule has 3 aliphatic rings. The van der Waals surface area contributed by atoms with E-state index in [2.05, 4.69) is 0 Å². The summed E-state index contributed by atoms with van der Waals surface area (Å²) in [5.74, 6) is -0.316. The monoisotopic (exact) mass is 393 g/mol. The molecule has 0 radical (unpaired) electrons. The predicted octanol–water partition coefficient (Wildman–Crippen LogP) is 1.78. The number of imide groups is 1. The van der Waals surface area contributed by atoms with Gasteiger partial charge in [-0.25, -0.2) is 4.79 Å². The maximum absolute atomic E-state index is 12.7. The SMILES string of the molecule is CC(C)(C)OC(=O)N1CCN(C(=O)CCN2C(=O)CC3(CCCC3)C2=O)CC1. The molecule has 1 spiro atoms. The van der Waals surface area contributed by atoms with Crippen molar-refractivity contribution in [3.63, 3.8) is 0 Å². The third kappa shape index (κ3) is 4.31. The second kappa shape index (κ2) is 7.72. The van der Waals surface area contributed by atoms with Crippen LogP contribution >= 0.6 is 0 Å². The Morgan fingerprint density at radius 1 is 1.00 bits per heavy atom. The van der Waals surface area contributed by atoms with Crippen molar-refractivity contribution in [3.8, 4) is 0 Å². The number of amides is 4. The lowest BCUT2D eigenvalue weighted by Crippen LogP contribution is -2.52. The number of piperazine rings is 1. The zero-order valence-electron chi connectivity index (χ0n) is 17.2. The number of carbonyl (C=O) groups excluding carboxylic acids is 4. The van der Waals surface area contributed by atoms with Gasteiger partial charge in [0.05, 0.1) is 5.41 Å². The lowest BCUT2D eigenvalue weighted by atomic mass is 9.84. The van der Waals surface area contributed by atoms with Crippen LogP contribution in [0.1, 0.15) is 59.3 Å². The van der Waals surface area contributed by atoms with Crippen LogP contribution in [0.4, 0.5) is 4.79 Å². The number of hydrogen-bond donors (Lipinski definition) is 0. The minimum absolute atomic E-state index is 0.0856. The van der Waals surface area contributed by atoms with Crippen molar-refractivity contribution in [2.45, 2.75) is 64.9 Å². The van der Waals surface area contributed by atoms with Crippen molar-refractivity contribution in [2.24, 2.45) is 5.41 Å². The fourth-order valence-electron chi connectivity index (χ4n) is 4.36. The summed E-state index contributed by atoms with van der Waals surface area (Å²) in [6.45, 7) is 7.33. The van der Waals surface area contributed by atoms with E-state index < -0.39 is 11.0 Å². The van der Waals surface area contributed by atoms with Crippen LogP contribution in [0.2, 0.25) is 0 Å². The number of ether oxygens (including phenoxy) is 1. The summed E-state index contributed by atoms with van der Waals surface area (Å²) in [5.41, 5.74) is -1.03. The topological polar surface area (TPSA) is 87.2 Å². The summed E-state index contributed by atoms with van der Waals surface area (Å²) in [6, 6.07) is 0. The molecule has 156 valence electrons. The molecule has 0 N–H and O–H groups in total. The van der Waals surface area contributed by atoms with Gasteiger partial charge >= 0.3 is 6.09 Å². The summed E-state index contributed by atoms with van der Waals surface area (Å²) in [5, 5.41) is 0. The highest BCUT2D eigenvalue weighted by Crippen LogP contribution is 2.46. The Hall–Kier alpha value is -2.12. The van der Waals surface area contributed by atoms with Crippen molar-refractivity contribution in [2.75, 3.05) is 32.7 Å². The average Bonchev–Trinajstić information content (AvgIpc) is 3.18. The molecule has 0 aromatic rings. The van der Waals surface area contributed by atoms with Crippen molar-refractivity contribution in [3.05, 3.63) is 0 Å². The lowest BCUT2D eigenvalue weighted by Gasteiger charge is -2.35. The zero-order valence-corrected chi connectivity index (χ0v) is 17.2. The van der Waals surface area contributed by atoms with Gasteiger partial charge in [0.15, 0.2) is 0 Å². The van der Waals surface area contributed by atoms with Gasteiger partial charge in [0.2, 0.25) is 17.7 Å². The molecule has 3 fully saturated rings. The Kier molecular flexibility index (Phi) is 5.68. The van der Waals surface area contributed by atoms with E-state index in [4.69, 9.17) is 4.74 Å². The van der Waals surface area contributed by atoms with E-state index in [0.717, 1.165) is 25.7 Å². The van der Waals surface area contributed by atoms with Crippen LogP contribution < -0.4 is 0 Å². The Balaban J connectivity index is 1.46. The highest BCUT2D eigenvalue weighted by molar-refractivity contribution is 6.06. The first-order valence-corrected chi connectivity index (χ1v) is 10.2. The minimum Gasteiger partial charge on any atom is -0.444 e. The van der Waals surface area contributed by atoms with Gasteiger partial charge in [-0.2, -0.15) is 0 Å². The molecule has 0 bridgehead atoms. The normalized spacial score (nSPS) is 22.3. The molecule has 8 nitrogen and oxygen atoms in total. The highest BCUT2D eigenvalue weighted by Gasteiger charge is 2.52. The van der Waals surface area contributed by atoms with Crippen molar-refractivity contribution < 1.29 is 23.9 Å². The van der Waals surface area contributed by atoms with Crippen LogP contribution in [0.25, 0.3) is 0 Å². The highest BCUT2D eigenvalue weighted by atomic mass is 16.6. The fraction of sp³-hybridized carbons (Fsp3) is 0.800. The molecule has 0 aromatic heterocycles. The first-order valence-electron chi connectivity index (χ1n) is 10.2. The number of rotatable bonds is 3. The molecular weight excluding hydrogens is 362 g/mol. The number of carbonyl (C=O) groups is 4. The van der Waals surface area contributed by atoms with Gasteiger partial charge in [0.25, 0.3) is 0 Å². The molecule has 28 heavy (non-hydrogen) atoms. The van der Waals surface area contributed by atoms with Gasteiger partial charge in [-0.3, -0.25) is 19.3 Å². The lowest BCUT2D eigenvalue weighted by molar-refractivity contribution is -0.142. The molecule has 4 amide bonds. The Bertz CT molecular complexity index is 655. The minimum atomic E-state index is -0.546. The zero-order chi connectivity index (χ0) is 20.5. The van der Waals surface area contributed by atoms with E-state index in [1.807, 2.05) is 20.8 Å². The Labute approximate surface area is 166 Å². The van der Waals surface area contributed by atoms with Gasteiger partial charge in [0, 0.05) is 45.6 Å². The molecule has 8 heteroatoms. The molecule has 0 atom stereocenters. The maximum Gasteiger partial charge on any atom is 0.410 e. The van der Waals surface area contributed by atoms with Crippen LogP contribution in [-0.4, -0.2) is 76.8 Å². The van der Waals surface area contributed by atoms with Gasteiger partial charge in [-0.05, 0) is 33.6 Å². The molecule has 0 unspecified atom stereocenters. The van der Waals surface area contributed by atoms with Gasteiger partial charge < -0.3 is 14.5 Å². The quantitative estimate of drug-likeness (QED) is 0.682. The van der Waals surface area contributed by atoms with Crippen molar-refractivity contribution in [1.29, 1.82) is 0 Å². The molecule has 2 saturated heterocycles. The number of nitrogens with zero attached hydrogens (tertiary/aromatic N) is 3. The standard InChI is InChI=1S/C20H31N3O5/c1-19(2,3)28-18(27)22-12-10-21(11-13-22)15(24)6-9-23-16(25)14-20(17(23)26)7-4-5-8-20/h4-14H2,1-3H3. The van der Waals surface area contributed by atoms with E-state index in [1.54, 1.807) is 9.80 Å². The van der Waals surface area contributed by atoms with Gasteiger partial charge in [-0.15, -0.1) is 0 Å². The van der Waals surface area contributed by atoms with Crippen LogP contribution in [0, 0.1) is 5.41 Å². The summed E-state index contributed by atoms with van der Waals surface area (Å²) in [7, 11) is 0. The maximum atomic E-state index is 12.7. The summed E-state index contributed by atoms with van der Waals surface area (Å²) in [4.78, 5) is 54.2. The molecule has 0 aromatic carbocycles. The van der Waals surface area contributed by atoms with Gasteiger partial charge in [-0.1, -0.05) is 12.8 Å². The van der Waals surface area contributed by atoms with Crippen LogP contribution in [0.15, 0.2) is 0 Å². The van der Waals surface area contributed by atoms with E-state index in [9.17, 15) is 19.2 Å². The largest absolute Gasteiger partial charge is 0.444 e. The van der Waals surface area contributed by atoms with E-state index in [1.165, 1.54) is 4.90 Å². The average molecular weight is 393 g/mol. The van der Waals surface area contributed by atoms with Crippen LogP contribution in [-0.2, 0) is 19.1 Å². The molecular formula is C20H31N3O5. The third-order valence-corrected chi connectivity index (χ3v) is 5.88. The first-order chi connectivity index (χ1) is 13.1. The number of hydrogen-bond acceptors (Lipinski definition) is 5. The van der Waals surface area contributed by atoms with E-state index >= 15 is 0 Å². The molecule has 2 heterocycles. The Morgan fingerprint density at radius 2 is 1.57 bits per heavy atom. The number of likely N-dealkylation sites (tertiary alicyclic amines) is 1. The molecule has 3 rings (SSSR count). The fourth-order valence-corrected chi connectivity index (χ4v) is 4.36. The second-order valence-electron chi connectivity index (χ2n) is 9.11. The molecule has 1 saturated carbocycles. The van der Waals surface area contributed by atoms with Gasteiger partial charge in [0.1, 0.15) is 5.60 Å². The summed E-state index contributed by atoms with van der Waals surface area (Å²) in [6.07, 6.45) is 3.63. The predicted molar refractivity (Wildman–Crippen MR) is 101 cm³/mol. The van der Waals surface area contributed by atoms with Crippen molar-refractivity contribution >= 4 is 23.8 Å². The molecule has 2 aliphatic heterocycles. The van der Waals surface area contributed by atoms with Crippen molar-refractivity contribution in [1.82, 2.24) is 14.7 Å². The smallest absolute Gasteiger partial charge is 0.410 e. The van der Waals surface area contributed by atoms with E-state index in [0.29, 0.717) is 32.6 Å². The summed E-state index contributed by atoms with van der Waals surface area (Å²) < 4.78 is 5.36.